The Hall–Kier alpha value is -3.16. The Morgan fingerprint density at radius 1 is 1.11 bits per heavy atom. The van der Waals surface area contributed by atoms with E-state index in [0.29, 0.717) is 25.4 Å². The number of hydrogen-bond donors (Lipinski definition) is 0. The predicted molar refractivity (Wildman–Crippen MR) is 132 cm³/mol. The number of carbonyl (C=O) groups excluding carboxylic acids is 2. The number of piperidine rings is 1. The number of imidazole rings is 1. The molecule has 1 fully saturated rings. The Kier molecular flexibility index (Phi) is 6.15. The van der Waals surface area contributed by atoms with Gasteiger partial charge in [0.25, 0.3) is 0 Å². The number of esters is 1. The van der Waals surface area contributed by atoms with Crippen LogP contribution < -0.4 is 0 Å². The number of rotatable bonds is 3. The van der Waals surface area contributed by atoms with Crippen molar-refractivity contribution in [3.8, 4) is 0 Å². The van der Waals surface area contributed by atoms with E-state index >= 15 is 0 Å². The summed E-state index contributed by atoms with van der Waals surface area (Å²) in [6, 6.07) is 0. The van der Waals surface area contributed by atoms with E-state index in [1.807, 2.05) is 27.0 Å². The number of carbonyl (C=O) groups is 2. The van der Waals surface area contributed by atoms with Crippen LogP contribution in [0.1, 0.15) is 75.9 Å². The van der Waals surface area contributed by atoms with Crippen LogP contribution in [0.4, 0.5) is 4.79 Å². The molecule has 0 N–H and O–H groups in total. The van der Waals surface area contributed by atoms with Gasteiger partial charge in [-0.3, -0.25) is 14.2 Å². The third-order valence-electron chi connectivity index (χ3n) is 7.21. The molecule has 3 aliphatic rings. The van der Waals surface area contributed by atoms with Gasteiger partial charge < -0.3 is 14.4 Å². The smallest absolute Gasteiger partial charge is 0.410 e. The van der Waals surface area contributed by atoms with Crippen LogP contribution in [0.5, 0.6) is 0 Å². The SMILES string of the molecule is COC(=O)C1CC=C(C2=CCc3ncc4nc(C5CCN(C(=O)OC(C)(C)C)CC5)cn4c32)CC1. The molecule has 1 aliphatic heterocycles. The Labute approximate surface area is 206 Å². The molecule has 5 rings (SSSR count). The van der Waals surface area contributed by atoms with Crippen molar-refractivity contribution in [2.45, 2.75) is 70.8 Å². The summed E-state index contributed by atoms with van der Waals surface area (Å²) in [6.45, 7) is 7.02. The maximum Gasteiger partial charge on any atom is 0.410 e. The number of amides is 1. The van der Waals surface area contributed by atoms with E-state index in [-0.39, 0.29) is 18.0 Å². The lowest BCUT2D eigenvalue weighted by atomic mass is 9.86. The molecule has 35 heavy (non-hydrogen) atoms. The Morgan fingerprint density at radius 2 is 1.89 bits per heavy atom. The van der Waals surface area contributed by atoms with Crippen LogP contribution in [-0.2, 0) is 20.7 Å². The van der Waals surface area contributed by atoms with Gasteiger partial charge in [0.15, 0.2) is 5.65 Å². The van der Waals surface area contributed by atoms with Gasteiger partial charge in [0.2, 0.25) is 0 Å². The maximum atomic E-state index is 12.4. The molecule has 1 saturated heterocycles. The zero-order valence-corrected chi connectivity index (χ0v) is 21.0. The van der Waals surface area contributed by atoms with Gasteiger partial charge in [-0.25, -0.2) is 9.78 Å². The van der Waals surface area contributed by atoms with Gasteiger partial charge in [-0.1, -0.05) is 12.2 Å². The minimum atomic E-state index is -0.484. The number of likely N-dealkylation sites (tertiary alicyclic amines) is 1. The lowest BCUT2D eigenvalue weighted by Crippen LogP contribution is -2.41. The average molecular weight is 479 g/mol. The quantitative estimate of drug-likeness (QED) is 0.596. The zero-order chi connectivity index (χ0) is 24.7. The first-order valence-electron chi connectivity index (χ1n) is 12.6. The molecule has 1 atom stereocenters. The fourth-order valence-electron chi connectivity index (χ4n) is 5.37. The first-order chi connectivity index (χ1) is 16.7. The minimum absolute atomic E-state index is 0.0504. The molecule has 3 heterocycles. The number of nitrogens with zero attached hydrogens (tertiary/aromatic N) is 4. The topological polar surface area (TPSA) is 86.0 Å². The molecule has 0 saturated carbocycles. The highest BCUT2D eigenvalue weighted by atomic mass is 16.6. The summed E-state index contributed by atoms with van der Waals surface area (Å²) in [7, 11) is 1.46. The standard InChI is InChI=1S/C27H34N4O4/c1-27(2,3)35-26(33)30-13-11-18(12-14-30)22-16-31-23(29-22)15-28-21-10-9-20(24(21)31)17-5-7-19(8-6-17)25(32)34-4/h5,9,15-16,18-19H,6-8,10-14H2,1-4H3. The second-order valence-corrected chi connectivity index (χ2v) is 10.7. The molecule has 0 aromatic carbocycles. The molecule has 2 aliphatic carbocycles. The van der Waals surface area contributed by atoms with Crippen LogP contribution in [0.15, 0.2) is 30.1 Å². The number of hydrogen-bond acceptors (Lipinski definition) is 6. The molecule has 186 valence electrons. The van der Waals surface area contributed by atoms with Gasteiger partial charge >= 0.3 is 12.1 Å². The summed E-state index contributed by atoms with van der Waals surface area (Å²) in [4.78, 5) is 35.8. The van der Waals surface area contributed by atoms with Crippen molar-refractivity contribution in [3.05, 3.63) is 47.2 Å². The lowest BCUT2D eigenvalue weighted by molar-refractivity contribution is -0.145. The fourth-order valence-corrected chi connectivity index (χ4v) is 5.37. The van der Waals surface area contributed by atoms with Crippen LogP contribution >= 0.6 is 0 Å². The number of fused-ring (bicyclic) bond motifs is 3. The van der Waals surface area contributed by atoms with Crippen molar-refractivity contribution in [1.29, 1.82) is 0 Å². The Bertz CT molecular complexity index is 1210. The highest BCUT2D eigenvalue weighted by Crippen LogP contribution is 2.39. The van der Waals surface area contributed by atoms with Gasteiger partial charge in [-0.2, -0.15) is 0 Å². The highest BCUT2D eigenvalue weighted by molar-refractivity contribution is 5.83. The first-order valence-corrected chi connectivity index (χ1v) is 12.6. The van der Waals surface area contributed by atoms with Gasteiger partial charge in [0.1, 0.15) is 5.60 Å². The first kappa shape index (κ1) is 23.6. The number of aromatic nitrogens is 3. The molecule has 1 amide bonds. The molecule has 8 heteroatoms. The molecule has 0 spiro atoms. The van der Waals surface area contributed by atoms with Gasteiger partial charge in [0, 0.05) is 31.6 Å². The summed E-state index contributed by atoms with van der Waals surface area (Å²) in [5, 5.41) is 0. The summed E-state index contributed by atoms with van der Waals surface area (Å²) in [6.07, 6.45) is 13.1. The van der Waals surface area contributed by atoms with Crippen molar-refractivity contribution in [2.24, 2.45) is 5.92 Å². The normalized spacial score (nSPS) is 20.9. The van der Waals surface area contributed by atoms with Crippen LogP contribution in [0.25, 0.3) is 11.2 Å². The molecular weight excluding hydrogens is 444 g/mol. The van der Waals surface area contributed by atoms with Crippen LogP contribution in [0.3, 0.4) is 0 Å². The van der Waals surface area contributed by atoms with Crippen molar-refractivity contribution in [2.75, 3.05) is 20.2 Å². The highest BCUT2D eigenvalue weighted by Gasteiger charge is 2.31. The summed E-state index contributed by atoms with van der Waals surface area (Å²) < 4.78 is 12.7. The van der Waals surface area contributed by atoms with Crippen molar-refractivity contribution in [3.63, 3.8) is 0 Å². The average Bonchev–Trinajstić information content (AvgIpc) is 3.47. The molecule has 2 aromatic heterocycles. The van der Waals surface area contributed by atoms with E-state index in [9.17, 15) is 9.59 Å². The predicted octanol–water partition coefficient (Wildman–Crippen LogP) is 4.68. The van der Waals surface area contributed by atoms with E-state index in [4.69, 9.17) is 19.4 Å². The number of methoxy groups -OCH3 is 1. The van der Waals surface area contributed by atoms with Crippen molar-refractivity contribution in [1.82, 2.24) is 19.3 Å². The van der Waals surface area contributed by atoms with Crippen LogP contribution in [0, 0.1) is 5.92 Å². The van der Waals surface area contributed by atoms with E-state index < -0.39 is 5.60 Å². The third kappa shape index (κ3) is 4.70. The summed E-state index contributed by atoms with van der Waals surface area (Å²) in [5.74, 6) is 0.125. The monoisotopic (exact) mass is 478 g/mol. The minimum Gasteiger partial charge on any atom is -0.469 e. The van der Waals surface area contributed by atoms with Crippen LogP contribution in [-0.4, -0.2) is 57.1 Å². The van der Waals surface area contributed by atoms with E-state index in [2.05, 4.69) is 22.7 Å². The largest absolute Gasteiger partial charge is 0.469 e. The number of allylic oxidation sites excluding steroid dienone is 4. The summed E-state index contributed by atoms with van der Waals surface area (Å²) >= 11 is 0. The van der Waals surface area contributed by atoms with Crippen molar-refractivity contribution < 1.29 is 19.1 Å². The second-order valence-electron chi connectivity index (χ2n) is 10.7. The zero-order valence-electron chi connectivity index (χ0n) is 21.0. The number of ether oxygens (including phenoxy) is 2. The van der Waals surface area contributed by atoms with E-state index in [0.717, 1.165) is 54.8 Å². The molecular formula is C27H34N4O4. The molecule has 2 aromatic rings. The lowest BCUT2D eigenvalue weighted by Gasteiger charge is -2.32. The maximum absolute atomic E-state index is 12.4. The third-order valence-corrected chi connectivity index (χ3v) is 7.21. The second kappa shape index (κ2) is 9.13. The molecule has 0 radical (unpaired) electrons. The van der Waals surface area contributed by atoms with Gasteiger partial charge in [-0.05, 0) is 64.0 Å². The van der Waals surface area contributed by atoms with Gasteiger partial charge in [-0.15, -0.1) is 0 Å². The molecule has 1 unspecified atom stereocenters. The van der Waals surface area contributed by atoms with Crippen LogP contribution in [0.2, 0.25) is 0 Å². The Morgan fingerprint density at radius 3 is 2.54 bits per heavy atom. The fraction of sp³-hybridized carbons (Fsp3) is 0.556. The Balaban J connectivity index is 1.33. The molecule has 8 nitrogen and oxygen atoms in total. The van der Waals surface area contributed by atoms with E-state index in [1.54, 1.807) is 4.90 Å². The van der Waals surface area contributed by atoms with Crippen molar-refractivity contribution >= 4 is 23.3 Å². The van der Waals surface area contributed by atoms with E-state index in [1.165, 1.54) is 18.3 Å². The molecule has 0 bridgehead atoms. The van der Waals surface area contributed by atoms with Gasteiger partial charge in [0.05, 0.1) is 36.3 Å². The summed E-state index contributed by atoms with van der Waals surface area (Å²) in [5.41, 5.74) is 6.09.